The molecule has 0 amide bonds. The monoisotopic (exact) mass is 359 g/mol. The fourth-order valence-corrected chi connectivity index (χ4v) is 2.47. The van der Waals surface area contributed by atoms with Gasteiger partial charge < -0.3 is 19.5 Å². The van der Waals surface area contributed by atoms with E-state index in [1.807, 2.05) is 13.0 Å². The summed E-state index contributed by atoms with van der Waals surface area (Å²) in [5, 5.41) is 3.42. The van der Waals surface area contributed by atoms with Crippen molar-refractivity contribution in [2.45, 2.75) is 27.3 Å². The molecule has 0 aliphatic heterocycles. The molecule has 0 fully saturated rings. The first-order chi connectivity index (χ1) is 10.1. The first-order valence-electron chi connectivity index (χ1n) is 7.36. The van der Waals surface area contributed by atoms with Gasteiger partial charge in [-0.1, -0.05) is 13.8 Å². The van der Waals surface area contributed by atoms with E-state index in [0.717, 1.165) is 34.6 Å². The number of nitrogens with one attached hydrogen (secondary N) is 1. The number of rotatable bonds is 10. The highest BCUT2D eigenvalue weighted by Gasteiger charge is 2.11. The van der Waals surface area contributed by atoms with Crippen LogP contribution in [0.4, 0.5) is 0 Å². The van der Waals surface area contributed by atoms with Crippen molar-refractivity contribution < 1.29 is 14.2 Å². The molecule has 0 aromatic heterocycles. The van der Waals surface area contributed by atoms with Gasteiger partial charge in [0.1, 0.15) is 6.61 Å². The molecule has 1 aromatic rings. The quantitative estimate of drug-likeness (QED) is 0.647. The Hall–Kier alpha value is -0.780. The van der Waals surface area contributed by atoms with Crippen molar-refractivity contribution >= 4 is 15.9 Å². The number of hydrogen-bond donors (Lipinski definition) is 1. The van der Waals surface area contributed by atoms with Crippen LogP contribution in [0.3, 0.4) is 0 Å². The highest BCUT2D eigenvalue weighted by atomic mass is 79.9. The lowest BCUT2D eigenvalue weighted by Gasteiger charge is -2.15. The zero-order chi connectivity index (χ0) is 15.7. The van der Waals surface area contributed by atoms with E-state index in [0.29, 0.717) is 25.7 Å². The SMILES string of the molecule is CCOCCOc1c(Br)cc(CNCC(C)C)cc1OC. The van der Waals surface area contributed by atoms with Crippen LogP contribution in [0, 0.1) is 5.92 Å². The van der Waals surface area contributed by atoms with Gasteiger partial charge in [-0.05, 0) is 53.0 Å². The van der Waals surface area contributed by atoms with Crippen molar-refractivity contribution in [1.82, 2.24) is 5.32 Å². The van der Waals surface area contributed by atoms with Crippen molar-refractivity contribution in [3.63, 3.8) is 0 Å². The second-order valence-electron chi connectivity index (χ2n) is 5.18. The van der Waals surface area contributed by atoms with Gasteiger partial charge in [0, 0.05) is 13.2 Å². The van der Waals surface area contributed by atoms with Gasteiger partial charge in [-0.15, -0.1) is 0 Å². The molecule has 0 spiro atoms. The Morgan fingerprint density at radius 2 is 2.00 bits per heavy atom. The lowest BCUT2D eigenvalue weighted by Crippen LogP contribution is -2.19. The first-order valence-corrected chi connectivity index (χ1v) is 8.15. The van der Waals surface area contributed by atoms with E-state index in [9.17, 15) is 0 Å². The number of hydrogen-bond acceptors (Lipinski definition) is 4. The minimum absolute atomic E-state index is 0.508. The average molecular weight is 360 g/mol. The van der Waals surface area contributed by atoms with Crippen LogP contribution in [0.5, 0.6) is 11.5 Å². The highest BCUT2D eigenvalue weighted by Crippen LogP contribution is 2.36. The van der Waals surface area contributed by atoms with Gasteiger partial charge >= 0.3 is 0 Å². The molecule has 0 aliphatic carbocycles. The Balaban J connectivity index is 2.67. The van der Waals surface area contributed by atoms with Gasteiger partial charge in [-0.2, -0.15) is 0 Å². The van der Waals surface area contributed by atoms with Crippen molar-refractivity contribution in [2.24, 2.45) is 5.92 Å². The van der Waals surface area contributed by atoms with Crippen LogP contribution in [0.2, 0.25) is 0 Å². The Bertz CT molecular complexity index is 424. The molecule has 0 saturated heterocycles. The average Bonchev–Trinajstić information content (AvgIpc) is 2.44. The molecular formula is C16H26BrNO3. The third-order valence-electron chi connectivity index (χ3n) is 2.85. The van der Waals surface area contributed by atoms with Gasteiger partial charge in [-0.3, -0.25) is 0 Å². The summed E-state index contributed by atoms with van der Waals surface area (Å²) in [6, 6.07) is 4.07. The molecule has 4 nitrogen and oxygen atoms in total. The molecule has 1 N–H and O–H groups in total. The van der Waals surface area contributed by atoms with E-state index in [2.05, 4.69) is 41.2 Å². The van der Waals surface area contributed by atoms with Crippen LogP contribution in [0.15, 0.2) is 16.6 Å². The Morgan fingerprint density at radius 1 is 1.24 bits per heavy atom. The minimum Gasteiger partial charge on any atom is -0.493 e. The molecule has 0 radical (unpaired) electrons. The fraction of sp³-hybridized carbons (Fsp3) is 0.625. The Kier molecular flexibility index (Phi) is 8.73. The lowest BCUT2D eigenvalue weighted by atomic mass is 10.2. The molecule has 5 heteroatoms. The fourth-order valence-electron chi connectivity index (χ4n) is 1.87. The van der Waals surface area contributed by atoms with E-state index in [4.69, 9.17) is 14.2 Å². The summed E-state index contributed by atoms with van der Waals surface area (Å²) in [7, 11) is 1.66. The Morgan fingerprint density at radius 3 is 2.62 bits per heavy atom. The Labute approximate surface area is 136 Å². The van der Waals surface area contributed by atoms with Crippen molar-refractivity contribution in [1.29, 1.82) is 0 Å². The molecule has 0 unspecified atom stereocenters. The first kappa shape index (κ1) is 18.3. The summed E-state index contributed by atoms with van der Waals surface area (Å²) < 4.78 is 17.3. The third-order valence-corrected chi connectivity index (χ3v) is 3.44. The molecule has 0 saturated carbocycles. The predicted octanol–water partition coefficient (Wildman–Crippen LogP) is 3.62. The summed E-state index contributed by atoms with van der Waals surface area (Å²) in [6.07, 6.45) is 0. The number of halogens is 1. The van der Waals surface area contributed by atoms with E-state index >= 15 is 0 Å². The molecule has 21 heavy (non-hydrogen) atoms. The zero-order valence-corrected chi connectivity index (χ0v) is 15.0. The van der Waals surface area contributed by atoms with Gasteiger partial charge in [0.15, 0.2) is 11.5 Å². The van der Waals surface area contributed by atoms with Crippen LogP contribution < -0.4 is 14.8 Å². The normalized spacial score (nSPS) is 11.0. The largest absolute Gasteiger partial charge is 0.493 e. The van der Waals surface area contributed by atoms with E-state index in [-0.39, 0.29) is 0 Å². The summed E-state index contributed by atoms with van der Waals surface area (Å²) in [6.45, 7) is 9.94. The van der Waals surface area contributed by atoms with Crippen LogP contribution in [0.25, 0.3) is 0 Å². The lowest BCUT2D eigenvalue weighted by molar-refractivity contribution is 0.108. The molecule has 1 rings (SSSR count). The highest BCUT2D eigenvalue weighted by molar-refractivity contribution is 9.10. The molecule has 0 aliphatic rings. The topological polar surface area (TPSA) is 39.7 Å². The van der Waals surface area contributed by atoms with Crippen molar-refractivity contribution in [3.05, 3.63) is 22.2 Å². The number of methoxy groups -OCH3 is 1. The maximum atomic E-state index is 5.74. The molecule has 1 aromatic carbocycles. The molecule has 0 heterocycles. The maximum absolute atomic E-state index is 5.74. The smallest absolute Gasteiger partial charge is 0.175 e. The standard InChI is InChI=1S/C16H26BrNO3/c1-5-20-6-7-21-16-14(17)8-13(9-15(16)19-4)11-18-10-12(2)3/h8-9,12,18H,5-7,10-11H2,1-4H3. The summed E-state index contributed by atoms with van der Waals surface area (Å²) >= 11 is 3.56. The minimum atomic E-state index is 0.508. The van der Waals surface area contributed by atoms with Gasteiger partial charge in [-0.25, -0.2) is 0 Å². The summed E-state index contributed by atoms with van der Waals surface area (Å²) in [5.74, 6) is 2.10. The summed E-state index contributed by atoms with van der Waals surface area (Å²) in [5.41, 5.74) is 1.16. The molecular weight excluding hydrogens is 334 g/mol. The van der Waals surface area contributed by atoms with E-state index in [1.165, 1.54) is 0 Å². The van der Waals surface area contributed by atoms with Gasteiger partial charge in [0.2, 0.25) is 0 Å². The molecule has 120 valence electrons. The molecule has 0 atom stereocenters. The number of ether oxygens (including phenoxy) is 3. The zero-order valence-electron chi connectivity index (χ0n) is 13.4. The summed E-state index contributed by atoms with van der Waals surface area (Å²) in [4.78, 5) is 0. The van der Waals surface area contributed by atoms with E-state index in [1.54, 1.807) is 7.11 Å². The van der Waals surface area contributed by atoms with Gasteiger partial charge in [0.05, 0.1) is 18.2 Å². The van der Waals surface area contributed by atoms with Crippen molar-refractivity contribution in [3.8, 4) is 11.5 Å². The molecule has 0 bridgehead atoms. The van der Waals surface area contributed by atoms with Crippen molar-refractivity contribution in [2.75, 3.05) is 33.5 Å². The predicted molar refractivity (Wildman–Crippen MR) is 89.2 cm³/mol. The number of benzene rings is 1. The van der Waals surface area contributed by atoms with Gasteiger partial charge in [0.25, 0.3) is 0 Å². The van der Waals surface area contributed by atoms with Crippen LogP contribution >= 0.6 is 15.9 Å². The van der Waals surface area contributed by atoms with E-state index < -0.39 is 0 Å². The maximum Gasteiger partial charge on any atom is 0.175 e. The second-order valence-corrected chi connectivity index (χ2v) is 6.03. The van der Waals surface area contributed by atoms with Crippen LogP contribution in [-0.2, 0) is 11.3 Å². The van der Waals surface area contributed by atoms with Crippen LogP contribution in [-0.4, -0.2) is 33.5 Å². The second kappa shape index (κ2) is 10.0. The third kappa shape index (κ3) is 6.68. The van der Waals surface area contributed by atoms with Crippen LogP contribution in [0.1, 0.15) is 26.3 Å².